The highest BCUT2D eigenvalue weighted by Gasteiger charge is 2.16. The van der Waals surface area contributed by atoms with Gasteiger partial charge < -0.3 is 0 Å². The van der Waals surface area contributed by atoms with Crippen molar-refractivity contribution >= 4 is 5.78 Å². The number of hydrogen-bond donors (Lipinski definition) is 0. The molecule has 0 N–H and O–H groups in total. The van der Waals surface area contributed by atoms with E-state index in [1.54, 1.807) is 12.1 Å². The largest absolute Gasteiger partial charge is 0.449 e. The van der Waals surface area contributed by atoms with E-state index in [9.17, 15) is 14.0 Å². The average molecular weight is 275 g/mol. The number of aromatic nitrogens is 3. The second kappa shape index (κ2) is 4.16. The molecular formula is C13H10FN3O3. The first-order chi connectivity index (χ1) is 9.49. The summed E-state index contributed by atoms with van der Waals surface area (Å²) in [6.07, 6.45) is 0. The summed E-state index contributed by atoms with van der Waals surface area (Å²) in [6, 6.07) is 6.00. The zero-order valence-corrected chi connectivity index (χ0v) is 10.8. The fourth-order valence-electron chi connectivity index (χ4n) is 2.00. The standard InChI is InChI=1S/C13H10FN3O3/c1-7-3-4-9(5-8(7)2)16-11(18)6-10(14)17-12(16)15-20-13(17)19/h3-6H,1-2H3. The monoisotopic (exact) mass is 275 g/mol. The molecule has 2 heterocycles. The van der Waals surface area contributed by atoms with Crippen LogP contribution in [0.1, 0.15) is 11.1 Å². The van der Waals surface area contributed by atoms with E-state index in [-0.39, 0.29) is 5.78 Å². The van der Waals surface area contributed by atoms with Crippen LogP contribution >= 0.6 is 0 Å². The Morgan fingerprint density at radius 2 is 1.90 bits per heavy atom. The zero-order valence-electron chi connectivity index (χ0n) is 10.8. The van der Waals surface area contributed by atoms with Gasteiger partial charge in [0.15, 0.2) is 0 Å². The first kappa shape index (κ1) is 12.3. The van der Waals surface area contributed by atoms with E-state index >= 15 is 0 Å². The lowest BCUT2D eigenvalue weighted by Gasteiger charge is -2.08. The number of nitrogens with zero attached hydrogens (tertiary/aromatic N) is 3. The summed E-state index contributed by atoms with van der Waals surface area (Å²) in [5, 5.41) is 3.47. The highest BCUT2D eigenvalue weighted by Crippen LogP contribution is 2.14. The number of aryl methyl sites for hydroxylation is 2. The maximum Gasteiger partial charge on any atom is 0.449 e. The van der Waals surface area contributed by atoms with Gasteiger partial charge in [0.05, 0.1) is 11.8 Å². The third kappa shape index (κ3) is 1.67. The Kier molecular flexibility index (Phi) is 2.56. The van der Waals surface area contributed by atoms with Crippen LogP contribution in [0, 0.1) is 19.8 Å². The molecule has 0 amide bonds. The summed E-state index contributed by atoms with van der Waals surface area (Å²) < 4.78 is 19.8. The molecule has 0 radical (unpaired) electrons. The molecule has 0 aliphatic carbocycles. The molecule has 0 unspecified atom stereocenters. The Morgan fingerprint density at radius 1 is 1.15 bits per heavy atom. The number of benzene rings is 1. The van der Waals surface area contributed by atoms with Gasteiger partial charge in [0.1, 0.15) is 0 Å². The van der Waals surface area contributed by atoms with Gasteiger partial charge in [-0.15, -0.1) is 0 Å². The first-order valence-electron chi connectivity index (χ1n) is 5.86. The molecule has 0 spiro atoms. The molecule has 7 heteroatoms. The number of halogens is 1. The van der Waals surface area contributed by atoms with Crippen molar-refractivity contribution in [3.8, 4) is 5.69 Å². The average Bonchev–Trinajstić information content (AvgIpc) is 2.76. The summed E-state index contributed by atoms with van der Waals surface area (Å²) >= 11 is 0. The molecule has 0 atom stereocenters. The van der Waals surface area contributed by atoms with Crippen LogP contribution in [0.2, 0.25) is 0 Å². The van der Waals surface area contributed by atoms with Gasteiger partial charge in [-0.05, 0) is 42.3 Å². The van der Waals surface area contributed by atoms with Gasteiger partial charge in [-0.2, -0.15) is 8.79 Å². The minimum absolute atomic E-state index is 0.191. The van der Waals surface area contributed by atoms with E-state index in [2.05, 4.69) is 9.68 Å². The summed E-state index contributed by atoms with van der Waals surface area (Å²) in [7, 11) is 0. The van der Waals surface area contributed by atoms with E-state index < -0.39 is 17.3 Å². The predicted octanol–water partition coefficient (Wildman–Crippen LogP) is 1.19. The lowest BCUT2D eigenvalue weighted by Crippen LogP contribution is -2.24. The highest BCUT2D eigenvalue weighted by molar-refractivity contribution is 5.45. The molecule has 102 valence electrons. The summed E-state index contributed by atoms with van der Waals surface area (Å²) in [6.45, 7) is 3.82. The van der Waals surface area contributed by atoms with Crippen LogP contribution in [-0.2, 0) is 0 Å². The van der Waals surface area contributed by atoms with Crippen LogP contribution in [0.15, 0.2) is 38.4 Å². The van der Waals surface area contributed by atoms with Crippen molar-refractivity contribution < 1.29 is 8.91 Å². The summed E-state index contributed by atoms with van der Waals surface area (Å²) in [5.41, 5.74) is 1.88. The van der Waals surface area contributed by atoms with Gasteiger partial charge in [0.2, 0.25) is 5.95 Å². The Balaban J connectivity index is 2.44. The molecular weight excluding hydrogens is 265 g/mol. The molecule has 3 aromatic rings. The second-order valence-electron chi connectivity index (χ2n) is 4.49. The topological polar surface area (TPSA) is 69.5 Å². The molecule has 3 rings (SSSR count). The van der Waals surface area contributed by atoms with Crippen molar-refractivity contribution in [2.24, 2.45) is 0 Å². The van der Waals surface area contributed by atoms with Gasteiger partial charge in [0.25, 0.3) is 11.3 Å². The van der Waals surface area contributed by atoms with Gasteiger partial charge >= 0.3 is 5.76 Å². The van der Waals surface area contributed by atoms with Crippen molar-refractivity contribution in [2.75, 3.05) is 0 Å². The summed E-state index contributed by atoms with van der Waals surface area (Å²) in [4.78, 5) is 23.4. The molecule has 0 bridgehead atoms. The van der Waals surface area contributed by atoms with Crippen LogP contribution < -0.4 is 11.3 Å². The van der Waals surface area contributed by atoms with E-state index in [1.165, 1.54) is 0 Å². The number of rotatable bonds is 1. The van der Waals surface area contributed by atoms with E-state index in [0.717, 1.165) is 21.8 Å². The van der Waals surface area contributed by atoms with Gasteiger partial charge in [-0.25, -0.2) is 9.36 Å². The Labute approximate surface area is 111 Å². The van der Waals surface area contributed by atoms with Gasteiger partial charge in [-0.1, -0.05) is 6.07 Å². The maximum atomic E-state index is 13.6. The molecule has 1 aromatic carbocycles. The highest BCUT2D eigenvalue weighted by atomic mass is 19.1. The number of hydrogen-bond acceptors (Lipinski definition) is 4. The van der Waals surface area contributed by atoms with Crippen LogP contribution in [0.5, 0.6) is 0 Å². The Hall–Kier alpha value is -2.70. The minimum Gasteiger partial charge on any atom is -0.293 e. The molecule has 20 heavy (non-hydrogen) atoms. The minimum atomic E-state index is -1.00. The molecule has 0 saturated carbocycles. The normalized spacial score (nSPS) is 11.2. The zero-order chi connectivity index (χ0) is 14.4. The van der Waals surface area contributed by atoms with Crippen LogP contribution in [-0.4, -0.2) is 14.1 Å². The van der Waals surface area contributed by atoms with Crippen molar-refractivity contribution in [3.63, 3.8) is 0 Å². The van der Waals surface area contributed by atoms with Crippen molar-refractivity contribution in [1.29, 1.82) is 0 Å². The summed E-state index contributed by atoms with van der Waals surface area (Å²) in [5.74, 6) is -2.17. The molecule has 0 fully saturated rings. The number of fused-ring (bicyclic) bond motifs is 1. The van der Waals surface area contributed by atoms with Crippen molar-refractivity contribution in [3.05, 3.63) is 62.2 Å². The van der Waals surface area contributed by atoms with E-state index in [4.69, 9.17) is 0 Å². The second-order valence-corrected chi connectivity index (χ2v) is 4.49. The SMILES string of the molecule is Cc1ccc(-n2c(=O)cc(F)n3c(=O)onc23)cc1C. The third-order valence-electron chi connectivity index (χ3n) is 3.21. The van der Waals surface area contributed by atoms with Gasteiger partial charge in [-0.3, -0.25) is 9.32 Å². The van der Waals surface area contributed by atoms with Gasteiger partial charge in [0, 0.05) is 0 Å². The quantitative estimate of drug-likeness (QED) is 0.626. The molecule has 6 nitrogen and oxygen atoms in total. The van der Waals surface area contributed by atoms with Crippen LogP contribution in [0.25, 0.3) is 11.5 Å². The van der Waals surface area contributed by atoms with E-state index in [1.807, 2.05) is 19.9 Å². The predicted molar refractivity (Wildman–Crippen MR) is 68.8 cm³/mol. The van der Waals surface area contributed by atoms with Crippen LogP contribution in [0.3, 0.4) is 0 Å². The fourth-order valence-corrected chi connectivity index (χ4v) is 2.00. The lowest BCUT2D eigenvalue weighted by molar-refractivity contribution is 0.381. The molecule has 2 aromatic heterocycles. The first-order valence-corrected chi connectivity index (χ1v) is 5.86. The Morgan fingerprint density at radius 3 is 2.60 bits per heavy atom. The lowest BCUT2D eigenvalue weighted by atomic mass is 10.1. The maximum absolute atomic E-state index is 13.6. The third-order valence-corrected chi connectivity index (χ3v) is 3.21. The van der Waals surface area contributed by atoms with Crippen LogP contribution in [0.4, 0.5) is 4.39 Å². The smallest absolute Gasteiger partial charge is 0.293 e. The van der Waals surface area contributed by atoms with E-state index in [0.29, 0.717) is 10.1 Å². The van der Waals surface area contributed by atoms with Crippen molar-refractivity contribution in [2.45, 2.75) is 13.8 Å². The fraction of sp³-hybridized carbons (Fsp3) is 0.154. The molecule has 0 saturated heterocycles. The van der Waals surface area contributed by atoms with Crippen molar-refractivity contribution in [1.82, 2.24) is 14.1 Å². The Bertz CT molecular complexity index is 936. The molecule has 0 aliphatic heterocycles. The molecule has 0 aliphatic rings.